The van der Waals surface area contributed by atoms with Crippen molar-refractivity contribution in [1.82, 2.24) is 10.2 Å². The van der Waals surface area contributed by atoms with Gasteiger partial charge >= 0.3 is 0 Å². The third-order valence-corrected chi connectivity index (χ3v) is 8.68. The summed E-state index contributed by atoms with van der Waals surface area (Å²) in [6, 6.07) is 20.5. The van der Waals surface area contributed by atoms with Crippen LogP contribution in [0.2, 0.25) is 0 Å². The third-order valence-electron chi connectivity index (χ3n) is 6.90. The topological polar surface area (TPSA) is 86.8 Å². The lowest BCUT2D eigenvalue weighted by atomic mass is 10.1. The molecule has 0 fully saturated rings. The number of hydrogen-bond acceptors (Lipinski definition) is 4. The van der Waals surface area contributed by atoms with Gasteiger partial charge in [-0.1, -0.05) is 80.9 Å². The number of anilines is 1. The molecule has 7 nitrogen and oxygen atoms in total. The molecule has 0 aliphatic rings. The highest BCUT2D eigenvalue weighted by molar-refractivity contribution is 7.92. The van der Waals surface area contributed by atoms with Gasteiger partial charge in [0.05, 0.1) is 10.6 Å². The fourth-order valence-electron chi connectivity index (χ4n) is 4.63. The molecule has 3 aromatic rings. The lowest BCUT2D eigenvalue weighted by Gasteiger charge is -2.34. The zero-order valence-corrected chi connectivity index (χ0v) is 25.2. The Kier molecular flexibility index (Phi) is 10.5. The van der Waals surface area contributed by atoms with Crippen molar-refractivity contribution in [3.8, 4) is 0 Å². The molecule has 3 aromatic carbocycles. The van der Waals surface area contributed by atoms with Gasteiger partial charge in [0.2, 0.25) is 11.8 Å². The van der Waals surface area contributed by atoms with Gasteiger partial charge in [-0.15, -0.1) is 0 Å². The number of carbonyl (C=O) groups is 2. The maximum Gasteiger partial charge on any atom is 0.264 e. The average molecular weight is 564 g/mol. The number of benzene rings is 3. The molecule has 0 saturated carbocycles. The first-order valence-electron chi connectivity index (χ1n) is 13.7. The summed E-state index contributed by atoms with van der Waals surface area (Å²) in [5, 5.41) is 2.96. The Balaban J connectivity index is 2.08. The Bertz CT molecular complexity index is 1420. The molecule has 0 unspecified atom stereocenters. The number of aryl methyl sites for hydroxylation is 3. The van der Waals surface area contributed by atoms with Gasteiger partial charge in [0, 0.05) is 13.1 Å². The van der Waals surface area contributed by atoms with Crippen LogP contribution in [0.1, 0.15) is 49.4 Å². The Morgan fingerprint density at radius 2 is 1.52 bits per heavy atom. The maximum absolute atomic E-state index is 14.2. The van der Waals surface area contributed by atoms with E-state index in [1.165, 1.54) is 21.3 Å². The molecule has 0 radical (unpaired) electrons. The van der Waals surface area contributed by atoms with Crippen LogP contribution in [0.15, 0.2) is 77.7 Å². The number of amides is 2. The first-order chi connectivity index (χ1) is 18.9. The highest BCUT2D eigenvalue weighted by atomic mass is 32.2. The van der Waals surface area contributed by atoms with Crippen molar-refractivity contribution in [1.29, 1.82) is 0 Å². The molecule has 2 amide bonds. The van der Waals surface area contributed by atoms with Crippen LogP contribution in [0.4, 0.5) is 5.69 Å². The first kappa shape index (κ1) is 30.9. The van der Waals surface area contributed by atoms with Crippen LogP contribution in [-0.4, -0.2) is 44.3 Å². The van der Waals surface area contributed by atoms with E-state index >= 15 is 0 Å². The monoisotopic (exact) mass is 563 g/mol. The van der Waals surface area contributed by atoms with E-state index in [0.29, 0.717) is 18.7 Å². The molecule has 40 heavy (non-hydrogen) atoms. The highest BCUT2D eigenvalue weighted by Crippen LogP contribution is 2.28. The predicted octanol–water partition coefficient (Wildman–Crippen LogP) is 5.39. The van der Waals surface area contributed by atoms with Crippen molar-refractivity contribution in [2.45, 2.75) is 65.4 Å². The van der Waals surface area contributed by atoms with Crippen LogP contribution >= 0.6 is 0 Å². The molecule has 0 saturated heterocycles. The van der Waals surface area contributed by atoms with Crippen LogP contribution in [-0.2, 0) is 26.2 Å². The molecule has 0 aliphatic heterocycles. The molecule has 0 spiro atoms. The molecule has 0 bridgehead atoms. The van der Waals surface area contributed by atoms with Crippen LogP contribution < -0.4 is 9.62 Å². The largest absolute Gasteiger partial charge is 0.354 e. The standard InChI is InChI=1S/C32H41N3O4S/c1-7-29(32(37)33-20-23(2)3)34(21-27-14-12-11-13-25(27)5)31(36)22-35(30-18-17-24(4)19-26(30)6)40(38,39)28-15-9-8-10-16-28/h8-19,23,29H,7,20-22H2,1-6H3,(H,33,37)/t29-/m0/s1. The quantitative estimate of drug-likeness (QED) is 0.320. The zero-order chi connectivity index (χ0) is 29.4. The number of nitrogens with zero attached hydrogens (tertiary/aromatic N) is 2. The van der Waals surface area contributed by atoms with Crippen molar-refractivity contribution >= 4 is 27.5 Å². The predicted molar refractivity (Wildman–Crippen MR) is 161 cm³/mol. The van der Waals surface area contributed by atoms with Crippen molar-refractivity contribution in [2.75, 3.05) is 17.4 Å². The van der Waals surface area contributed by atoms with Gasteiger partial charge in [-0.3, -0.25) is 13.9 Å². The van der Waals surface area contributed by atoms with Gasteiger partial charge in [-0.2, -0.15) is 0 Å². The van der Waals surface area contributed by atoms with Crippen molar-refractivity contribution in [3.63, 3.8) is 0 Å². The summed E-state index contributed by atoms with van der Waals surface area (Å²) in [6.45, 7) is 11.8. The minimum absolute atomic E-state index is 0.0925. The normalized spacial score (nSPS) is 12.2. The minimum atomic E-state index is -4.09. The van der Waals surface area contributed by atoms with E-state index in [2.05, 4.69) is 5.32 Å². The summed E-state index contributed by atoms with van der Waals surface area (Å²) in [4.78, 5) is 29.1. The van der Waals surface area contributed by atoms with E-state index in [0.717, 1.165) is 22.3 Å². The second-order valence-electron chi connectivity index (χ2n) is 10.6. The summed E-state index contributed by atoms with van der Waals surface area (Å²) in [7, 11) is -4.09. The summed E-state index contributed by atoms with van der Waals surface area (Å²) >= 11 is 0. The SMILES string of the molecule is CC[C@@H](C(=O)NCC(C)C)N(Cc1ccccc1C)C(=O)CN(c1ccc(C)cc1C)S(=O)(=O)c1ccccc1. The van der Waals surface area contributed by atoms with E-state index in [1.807, 2.05) is 77.9 Å². The first-order valence-corrected chi connectivity index (χ1v) is 15.2. The van der Waals surface area contributed by atoms with Crippen LogP contribution in [0.25, 0.3) is 0 Å². The molecule has 1 N–H and O–H groups in total. The van der Waals surface area contributed by atoms with Gasteiger partial charge in [0.25, 0.3) is 10.0 Å². The Morgan fingerprint density at radius 3 is 2.12 bits per heavy atom. The van der Waals surface area contributed by atoms with Gasteiger partial charge < -0.3 is 10.2 Å². The van der Waals surface area contributed by atoms with E-state index in [1.54, 1.807) is 24.3 Å². The van der Waals surface area contributed by atoms with Gasteiger partial charge in [0.15, 0.2) is 0 Å². The van der Waals surface area contributed by atoms with E-state index in [9.17, 15) is 18.0 Å². The number of nitrogens with one attached hydrogen (secondary N) is 1. The van der Waals surface area contributed by atoms with Crippen LogP contribution in [0.3, 0.4) is 0 Å². The van der Waals surface area contributed by atoms with Gasteiger partial charge in [-0.25, -0.2) is 8.42 Å². The summed E-state index contributed by atoms with van der Waals surface area (Å²) in [6.07, 6.45) is 0.385. The van der Waals surface area contributed by atoms with E-state index in [-0.39, 0.29) is 23.3 Å². The second-order valence-corrected chi connectivity index (χ2v) is 12.5. The molecular formula is C32H41N3O4S. The van der Waals surface area contributed by atoms with Gasteiger partial charge in [-0.05, 0) is 68.0 Å². The molecule has 3 rings (SSSR count). The Labute approximate surface area is 239 Å². The van der Waals surface area contributed by atoms with Crippen molar-refractivity contribution in [3.05, 3.63) is 95.1 Å². The molecule has 0 aromatic heterocycles. The number of rotatable bonds is 12. The Hall–Kier alpha value is -3.65. The highest BCUT2D eigenvalue weighted by Gasteiger charge is 2.34. The molecule has 214 valence electrons. The van der Waals surface area contributed by atoms with Gasteiger partial charge in [0.1, 0.15) is 12.6 Å². The van der Waals surface area contributed by atoms with Crippen molar-refractivity contribution in [2.24, 2.45) is 5.92 Å². The van der Waals surface area contributed by atoms with E-state index in [4.69, 9.17) is 0 Å². The Morgan fingerprint density at radius 1 is 0.875 bits per heavy atom. The number of carbonyl (C=O) groups excluding carboxylic acids is 2. The minimum Gasteiger partial charge on any atom is -0.354 e. The number of sulfonamides is 1. The maximum atomic E-state index is 14.2. The van der Waals surface area contributed by atoms with Crippen LogP contribution in [0.5, 0.6) is 0 Å². The molecule has 8 heteroatoms. The third kappa shape index (κ3) is 7.50. The van der Waals surface area contributed by atoms with Crippen LogP contribution in [0, 0.1) is 26.7 Å². The molecular weight excluding hydrogens is 522 g/mol. The fraction of sp³-hybridized carbons (Fsp3) is 0.375. The lowest BCUT2D eigenvalue weighted by Crippen LogP contribution is -2.52. The van der Waals surface area contributed by atoms with Crippen molar-refractivity contribution < 1.29 is 18.0 Å². The smallest absolute Gasteiger partial charge is 0.264 e. The summed E-state index contributed by atoms with van der Waals surface area (Å²) in [5.74, 6) is -0.450. The summed E-state index contributed by atoms with van der Waals surface area (Å²) < 4.78 is 29.1. The fourth-order valence-corrected chi connectivity index (χ4v) is 6.13. The molecule has 0 aliphatic carbocycles. The molecule has 0 heterocycles. The van der Waals surface area contributed by atoms with E-state index < -0.39 is 28.5 Å². The number of hydrogen-bond donors (Lipinski definition) is 1. The lowest BCUT2D eigenvalue weighted by molar-refractivity contribution is -0.140. The summed E-state index contributed by atoms with van der Waals surface area (Å²) in [5.41, 5.74) is 4.03. The second kappa shape index (κ2) is 13.6. The average Bonchev–Trinajstić information content (AvgIpc) is 2.92. The zero-order valence-electron chi connectivity index (χ0n) is 24.3. The molecule has 1 atom stereocenters.